The molecule has 0 spiro atoms. The highest BCUT2D eigenvalue weighted by atomic mass is 16.2. The number of rotatable bonds is 3. The Morgan fingerprint density at radius 1 is 1.11 bits per heavy atom. The molecule has 2 aromatic carbocycles. The van der Waals surface area contributed by atoms with Crippen LogP contribution in [0.15, 0.2) is 42.5 Å². The standard InChI is InChI=1S/C21H19N3O3/c1-12-19(16-5-3-4-6-17(16)22-12)20(26)21(27)23-15-7-8-18-14(11-15)9-10-24(18)13(2)25/h3-8,11,22H,9-10H2,1-2H3,(H,23,27). The van der Waals surface area contributed by atoms with Crippen molar-refractivity contribution in [2.45, 2.75) is 20.3 Å². The van der Waals surface area contributed by atoms with E-state index in [1.165, 1.54) is 6.92 Å². The molecule has 0 fully saturated rings. The Kier molecular flexibility index (Phi) is 4.03. The van der Waals surface area contributed by atoms with E-state index in [0.29, 0.717) is 23.5 Å². The molecule has 0 aliphatic carbocycles. The minimum atomic E-state index is -0.677. The van der Waals surface area contributed by atoms with Crippen LogP contribution in [0.5, 0.6) is 0 Å². The number of nitrogens with zero attached hydrogens (tertiary/aromatic N) is 1. The summed E-state index contributed by atoms with van der Waals surface area (Å²) in [4.78, 5) is 41.8. The SMILES string of the molecule is CC(=O)N1CCc2cc(NC(=O)C(=O)c3c(C)[nH]c4ccccc34)ccc21. The van der Waals surface area contributed by atoms with Crippen LogP contribution in [0.25, 0.3) is 10.9 Å². The second kappa shape index (κ2) is 6.39. The Bertz CT molecular complexity index is 1100. The number of amides is 2. The average Bonchev–Trinajstić information content (AvgIpc) is 3.20. The number of fused-ring (bicyclic) bond motifs is 2. The monoisotopic (exact) mass is 361 g/mol. The topological polar surface area (TPSA) is 82.3 Å². The second-order valence-electron chi connectivity index (χ2n) is 6.72. The lowest BCUT2D eigenvalue weighted by atomic mass is 10.1. The number of aryl methyl sites for hydroxylation is 1. The Balaban J connectivity index is 1.58. The Morgan fingerprint density at radius 2 is 1.89 bits per heavy atom. The predicted molar refractivity (Wildman–Crippen MR) is 104 cm³/mol. The third kappa shape index (κ3) is 2.89. The highest BCUT2D eigenvalue weighted by Gasteiger charge is 2.25. The van der Waals surface area contributed by atoms with Crippen molar-refractivity contribution in [1.29, 1.82) is 0 Å². The first-order valence-corrected chi connectivity index (χ1v) is 8.79. The van der Waals surface area contributed by atoms with Crippen LogP contribution < -0.4 is 10.2 Å². The van der Waals surface area contributed by atoms with Gasteiger partial charge in [0, 0.05) is 41.4 Å². The Hall–Kier alpha value is -3.41. The van der Waals surface area contributed by atoms with Gasteiger partial charge in [-0.1, -0.05) is 18.2 Å². The van der Waals surface area contributed by atoms with E-state index in [1.807, 2.05) is 30.3 Å². The van der Waals surface area contributed by atoms with E-state index in [0.717, 1.165) is 28.6 Å². The molecule has 2 heterocycles. The van der Waals surface area contributed by atoms with Gasteiger partial charge in [0.05, 0.1) is 5.56 Å². The second-order valence-corrected chi connectivity index (χ2v) is 6.72. The van der Waals surface area contributed by atoms with Gasteiger partial charge in [0.1, 0.15) is 0 Å². The van der Waals surface area contributed by atoms with Crippen molar-refractivity contribution in [3.8, 4) is 0 Å². The van der Waals surface area contributed by atoms with E-state index in [4.69, 9.17) is 0 Å². The van der Waals surface area contributed by atoms with Gasteiger partial charge in [-0.3, -0.25) is 14.4 Å². The smallest absolute Gasteiger partial charge is 0.296 e. The number of hydrogen-bond donors (Lipinski definition) is 2. The van der Waals surface area contributed by atoms with Crippen molar-refractivity contribution in [3.63, 3.8) is 0 Å². The maximum Gasteiger partial charge on any atom is 0.296 e. The van der Waals surface area contributed by atoms with E-state index in [1.54, 1.807) is 24.0 Å². The average molecular weight is 361 g/mol. The van der Waals surface area contributed by atoms with Gasteiger partial charge < -0.3 is 15.2 Å². The summed E-state index contributed by atoms with van der Waals surface area (Å²) in [7, 11) is 0. The van der Waals surface area contributed by atoms with Gasteiger partial charge in [-0.2, -0.15) is 0 Å². The summed E-state index contributed by atoms with van der Waals surface area (Å²) in [5.74, 6) is -1.25. The van der Waals surface area contributed by atoms with Gasteiger partial charge in [-0.15, -0.1) is 0 Å². The summed E-state index contributed by atoms with van der Waals surface area (Å²) in [5.41, 5.74) is 4.29. The van der Waals surface area contributed by atoms with E-state index < -0.39 is 11.7 Å². The van der Waals surface area contributed by atoms with Crippen LogP contribution in [0.2, 0.25) is 0 Å². The van der Waals surface area contributed by atoms with E-state index in [2.05, 4.69) is 10.3 Å². The van der Waals surface area contributed by atoms with Gasteiger partial charge in [-0.25, -0.2) is 0 Å². The minimum Gasteiger partial charge on any atom is -0.358 e. The molecule has 0 radical (unpaired) electrons. The van der Waals surface area contributed by atoms with Gasteiger partial charge in [0.15, 0.2) is 0 Å². The molecule has 2 amide bonds. The number of Topliss-reactive ketones (excluding diaryl/α,β-unsaturated/α-hetero) is 1. The molecule has 3 aromatic rings. The van der Waals surface area contributed by atoms with Crippen LogP contribution in [0.4, 0.5) is 11.4 Å². The van der Waals surface area contributed by atoms with Crippen molar-refractivity contribution in [3.05, 3.63) is 59.3 Å². The van der Waals surface area contributed by atoms with E-state index >= 15 is 0 Å². The Morgan fingerprint density at radius 3 is 2.67 bits per heavy atom. The molecule has 0 atom stereocenters. The summed E-state index contributed by atoms with van der Waals surface area (Å²) >= 11 is 0. The molecular weight excluding hydrogens is 342 g/mol. The maximum atomic E-state index is 12.7. The summed E-state index contributed by atoms with van der Waals surface area (Å²) in [5, 5.41) is 3.43. The quantitative estimate of drug-likeness (QED) is 0.555. The molecule has 136 valence electrons. The number of H-pyrrole nitrogens is 1. The van der Waals surface area contributed by atoms with Gasteiger partial charge in [0.2, 0.25) is 5.91 Å². The van der Waals surface area contributed by atoms with Crippen LogP contribution in [-0.2, 0) is 16.0 Å². The molecular formula is C21H19N3O3. The number of anilines is 2. The first-order chi connectivity index (χ1) is 13.0. The van der Waals surface area contributed by atoms with E-state index in [-0.39, 0.29) is 5.91 Å². The lowest BCUT2D eigenvalue weighted by Crippen LogP contribution is -2.25. The van der Waals surface area contributed by atoms with Crippen LogP contribution >= 0.6 is 0 Å². The first-order valence-electron chi connectivity index (χ1n) is 8.79. The fourth-order valence-electron chi connectivity index (χ4n) is 3.68. The molecule has 6 nitrogen and oxygen atoms in total. The number of para-hydroxylation sites is 1. The van der Waals surface area contributed by atoms with Crippen LogP contribution in [0, 0.1) is 6.92 Å². The molecule has 1 aromatic heterocycles. The number of benzene rings is 2. The van der Waals surface area contributed by atoms with Gasteiger partial charge >= 0.3 is 0 Å². The Labute approximate surface area is 156 Å². The van der Waals surface area contributed by atoms with Crippen molar-refractivity contribution in [1.82, 2.24) is 4.98 Å². The predicted octanol–water partition coefficient (Wildman–Crippen LogP) is 3.21. The molecule has 6 heteroatoms. The number of aromatic amines is 1. The number of carbonyl (C=O) groups excluding carboxylic acids is 3. The molecule has 0 bridgehead atoms. The zero-order valence-electron chi connectivity index (χ0n) is 15.1. The normalized spacial score (nSPS) is 12.9. The maximum absolute atomic E-state index is 12.7. The van der Waals surface area contributed by atoms with Crippen LogP contribution in [0.1, 0.15) is 28.5 Å². The fourth-order valence-corrected chi connectivity index (χ4v) is 3.68. The molecule has 0 unspecified atom stereocenters. The summed E-state index contributed by atoms with van der Waals surface area (Å²) in [6.45, 7) is 3.95. The van der Waals surface area contributed by atoms with Crippen molar-refractivity contribution in [2.24, 2.45) is 0 Å². The van der Waals surface area contributed by atoms with Crippen LogP contribution in [0.3, 0.4) is 0 Å². The van der Waals surface area contributed by atoms with Gasteiger partial charge in [0.25, 0.3) is 11.7 Å². The number of ketones is 1. The number of aromatic nitrogens is 1. The van der Waals surface area contributed by atoms with Crippen molar-refractivity contribution >= 4 is 39.9 Å². The highest BCUT2D eigenvalue weighted by molar-refractivity contribution is 6.48. The molecule has 0 saturated carbocycles. The molecule has 4 rings (SSSR count). The van der Waals surface area contributed by atoms with Crippen LogP contribution in [-0.4, -0.2) is 29.1 Å². The first kappa shape index (κ1) is 17.0. The largest absolute Gasteiger partial charge is 0.358 e. The minimum absolute atomic E-state index is 0.00414. The number of carbonyl (C=O) groups is 3. The fraction of sp³-hybridized carbons (Fsp3) is 0.190. The zero-order valence-corrected chi connectivity index (χ0v) is 15.1. The summed E-state index contributed by atoms with van der Waals surface area (Å²) in [6.07, 6.45) is 0.730. The third-order valence-electron chi connectivity index (χ3n) is 4.94. The molecule has 27 heavy (non-hydrogen) atoms. The molecule has 1 aliphatic heterocycles. The molecule has 0 saturated heterocycles. The van der Waals surface area contributed by atoms with Gasteiger partial charge in [-0.05, 0) is 43.2 Å². The third-order valence-corrected chi connectivity index (χ3v) is 4.94. The zero-order chi connectivity index (χ0) is 19.1. The highest BCUT2D eigenvalue weighted by Crippen LogP contribution is 2.30. The number of nitrogens with one attached hydrogen (secondary N) is 2. The lowest BCUT2D eigenvalue weighted by Gasteiger charge is -2.15. The van der Waals surface area contributed by atoms with E-state index in [9.17, 15) is 14.4 Å². The van der Waals surface area contributed by atoms with Crippen molar-refractivity contribution < 1.29 is 14.4 Å². The molecule has 2 N–H and O–H groups in total. The lowest BCUT2D eigenvalue weighted by molar-refractivity contribution is -0.116. The number of hydrogen-bond acceptors (Lipinski definition) is 3. The summed E-state index contributed by atoms with van der Waals surface area (Å²) in [6, 6.07) is 12.8. The summed E-state index contributed by atoms with van der Waals surface area (Å²) < 4.78 is 0. The van der Waals surface area contributed by atoms with Crippen molar-refractivity contribution in [2.75, 3.05) is 16.8 Å². The molecule has 1 aliphatic rings.